The minimum Gasteiger partial charge on any atom is -0.490 e. The molecular weight excluding hydrogens is 642 g/mol. The highest BCUT2D eigenvalue weighted by molar-refractivity contribution is 6.12. The lowest BCUT2D eigenvalue weighted by Crippen LogP contribution is -2.28. The SMILES string of the molecule is COCCOCCOCCOCCOc1cc(NC(=O)OC(C)(C)C)c(NC(=O)CC(=O)c2cccc(C#N)c2)cc1C#Cc1ccccc1. The average molecular weight is 686 g/mol. The number of carbonyl (C=O) groups is 3. The van der Waals surface area contributed by atoms with Crippen LogP contribution in [0, 0.1) is 23.2 Å². The maximum absolute atomic E-state index is 13.1. The van der Waals surface area contributed by atoms with Crippen molar-refractivity contribution in [2.75, 3.05) is 70.6 Å². The molecule has 3 rings (SSSR count). The van der Waals surface area contributed by atoms with Gasteiger partial charge in [0.05, 0.1) is 81.2 Å². The summed E-state index contributed by atoms with van der Waals surface area (Å²) < 4.78 is 32.9. The number of anilines is 2. The first-order valence-corrected chi connectivity index (χ1v) is 16.0. The molecule has 0 saturated heterocycles. The molecule has 0 aliphatic carbocycles. The second-order valence-corrected chi connectivity index (χ2v) is 11.7. The Bertz CT molecular complexity index is 1670. The molecular formula is C38H43N3O9. The number of carbonyl (C=O) groups excluding carboxylic acids is 3. The van der Waals surface area contributed by atoms with Crippen molar-refractivity contribution in [3.63, 3.8) is 0 Å². The predicted molar refractivity (Wildman–Crippen MR) is 187 cm³/mol. The van der Waals surface area contributed by atoms with Crippen LogP contribution in [0.5, 0.6) is 5.75 Å². The van der Waals surface area contributed by atoms with Crippen molar-refractivity contribution in [2.24, 2.45) is 0 Å². The summed E-state index contributed by atoms with van der Waals surface area (Å²) in [6, 6.07) is 20.5. The van der Waals surface area contributed by atoms with Gasteiger partial charge in [-0.2, -0.15) is 5.26 Å². The van der Waals surface area contributed by atoms with E-state index in [1.54, 1.807) is 46.1 Å². The Morgan fingerprint density at radius 3 is 1.98 bits per heavy atom. The zero-order valence-corrected chi connectivity index (χ0v) is 28.8. The van der Waals surface area contributed by atoms with Gasteiger partial charge in [-0.15, -0.1) is 0 Å². The van der Waals surface area contributed by atoms with Crippen LogP contribution in [0.1, 0.15) is 54.2 Å². The fourth-order valence-electron chi connectivity index (χ4n) is 4.18. The molecule has 0 aromatic heterocycles. The van der Waals surface area contributed by atoms with E-state index < -0.39 is 29.8 Å². The van der Waals surface area contributed by atoms with E-state index in [4.69, 9.17) is 28.4 Å². The molecule has 0 radical (unpaired) electrons. The molecule has 0 heterocycles. The molecule has 2 N–H and O–H groups in total. The Kier molecular flexibility index (Phi) is 16.4. The second kappa shape index (κ2) is 21.0. The van der Waals surface area contributed by atoms with Crippen LogP contribution in [0.2, 0.25) is 0 Å². The maximum atomic E-state index is 13.1. The van der Waals surface area contributed by atoms with Crippen molar-refractivity contribution in [3.8, 4) is 23.7 Å². The van der Waals surface area contributed by atoms with Gasteiger partial charge in [-0.05, 0) is 51.1 Å². The topological polar surface area (TPSA) is 154 Å². The summed E-state index contributed by atoms with van der Waals surface area (Å²) in [7, 11) is 1.61. The summed E-state index contributed by atoms with van der Waals surface area (Å²) in [6.07, 6.45) is -1.27. The lowest BCUT2D eigenvalue weighted by Gasteiger charge is -2.21. The molecule has 0 saturated carbocycles. The van der Waals surface area contributed by atoms with Crippen LogP contribution in [0.3, 0.4) is 0 Å². The number of benzene rings is 3. The highest BCUT2D eigenvalue weighted by Gasteiger charge is 2.21. The normalized spacial score (nSPS) is 10.7. The Morgan fingerprint density at radius 1 is 0.720 bits per heavy atom. The van der Waals surface area contributed by atoms with Crippen molar-refractivity contribution in [1.82, 2.24) is 0 Å². The quantitative estimate of drug-likeness (QED) is 0.0750. The summed E-state index contributed by atoms with van der Waals surface area (Å²) in [4.78, 5) is 38.8. The first-order valence-electron chi connectivity index (χ1n) is 16.0. The van der Waals surface area contributed by atoms with E-state index in [0.717, 1.165) is 5.56 Å². The average Bonchev–Trinajstić information content (AvgIpc) is 3.08. The monoisotopic (exact) mass is 685 g/mol. The Morgan fingerprint density at radius 2 is 1.34 bits per heavy atom. The summed E-state index contributed by atoms with van der Waals surface area (Å²) >= 11 is 0. The van der Waals surface area contributed by atoms with Gasteiger partial charge in [0, 0.05) is 24.3 Å². The summed E-state index contributed by atoms with van der Waals surface area (Å²) in [6.45, 7) is 8.21. The van der Waals surface area contributed by atoms with Crippen molar-refractivity contribution >= 4 is 29.2 Å². The molecule has 0 spiro atoms. The number of amides is 2. The van der Waals surface area contributed by atoms with Crippen LogP contribution in [0.4, 0.5) is 16.2 Å². The number of hydrogen-bond donors (Lipinski definition) is 2. The summed E-state index contributed by atoms with van der Waals surface area (Å²) in [5, 5.41) is 14.6. The van der Waals surface area contributed by atoms with E-state index in [9.17, 15) is 19.6 Å². The number of ether oxygens (including phenoxy) is 6. The third-order valence-electron chi connectivity index (χ3n) is 6.44. The van der Waals surface area contributed by atoms with Crippen molar-refractivity contribution in [3.05, 3.63) is 89.0 Å². The van der Waals surface area contributed by atoms with Crippen LogP contribution in [-0.4, -0.2) is 83.3 Å². The maximum Gasteiger partial charge on any atom is 0.412 e. The molecule has 0 atom stereocenters. The molecule has 264 valence electrons. The predicted octanol–water partition coefficient (Wildman–Crippen LogP) is 5.59. The standard InChI is InChI=1S/C38H43N3O9/c1-38(2,3)50-37(44)41-33-25-35(49-22-21-48-20-19-47-18-17-46-16-15-45-4)31(14-13-28-9-6-5-7-10-28)24-32(33)40-36(43)26-34(42)30-12-8-11-29(23-30)27-39/h5-12,23-25H,15-22,26H2,1-4H3,(H,40,43)(H,41,44). The Hall–Kier alpha value is -5.24. The molecule has 2 amide bonds. The lowest BCUT2D eigenvalue weighted by atomic mass is 10.1. The molecule has 3 aromatic carbocycles. The number of Topliss-reactive ketones (excluding diaryl/α,β-unsaturated/α-hetero) is 1. The summed E-state index contributed by atoms with van der Waals surface area (Å²) in [5.74, 6) is 5.36. The van der Waals surface area contributed by atoms with Crippen LogP contribution in [0.25, 0.3) is 0 Å². The number of rotatable bonds is 18. The highest BCUT2D eigenvalue weighted by Crippen LogP contribution is 2.32. The van der Waals surface area contributed by atoms with Crippen LogP contribution < -0.4 is 15.4 Å². The van der Waals surface area contributed by atoms with E-state index in [1.807, 2.05) is 36.4 Å². The smallest absolute Gasteiger partial charge is 0.412 e. The summed E-state index contributed by atoms with van der Waals surface area (Å²) in [5.41, 5.74) is 1.22. The van der Waals surface area contributed by atoms with Gasteiger partial charge in [-0.3, -0.25) is 14.9 Å². The van der Waals surface area contributed by atoms with Crippen molar-refractivity contribution in [1.29, 1.82) is 5.26 Å². The van der Waals surface area contributed by atoms with E-state index in [2.05, 4.69) is 22.5 Å². The number of ketones is 1. The number of methoxy groups -OCH3 is 1. The fourth-order valence-corrected chi connectivity index (χ4v) is 4.18. The van der Waals surface area contributed by atoms with Gasteiger partial charge in [0.1, 0.15) is 18.0 Å². The molecule has 0 unspecified atom stereocenters. The van der Waals surface area contributed by atoms with Gasteiger partial charge in [0.15, 0.2) is 5.78 Å². The zero-order valence-electron chi connectivity index (χ0n) is 28.8. The lowest BCUT2D eigenvalue weighted by molar-refractivity contribution is -0.115. The van der Waals surface area contributed by atoms with Crippen molar-refractivity contribution < 1.29 is 42.8 Å². The van der Waals surface area contributed by atoms with Crippen LogP contribution >= 0.6 is 0 Å². The Labute approximate surface area is 293 Å². The minimum atomic E-state index is -0.795. The van der Waals surface area contributed by atoms with Gasteiger partial charge >= 0.3 is 6.09 Å². The fraction of sp³-hybridized carbons (Fsp3) is 0.368. The van der Waals surface area contributed by atoms with Gasteiger partial charge in [0.2, 0.25) is 5.91 Å². The Balaban J connectivity index is 1.79. The first kappa shape index (κ1) is 39.2. The zero-order chi connectivity index (χ0) is 36.2. The van der Waals surface area contributed by atoms with E-state index in [0.29, 0.717) is 56.5 Å². The number of hydrogen-bond acceptors (Lipinski definition) is 10. The largest absolute Gasteiger partial charge is 0.490 e. The van der Waals surface area contributed by atoms with E-state index in [1.165, 1.54) is 18.2 Å². The van der Waals surface area contributed by atoms with Gasteiger partial charge in [-0.1, -0.05) is 42.2 Å². The van der Waals surface area contributed by atoms with Crippen LogP contribution in [0.15, 0.2) is 66.7 Å². The van der Waals surface area contributed by atoms with E-state index in [-0.39, 0.29) is 30.2 Å². The van der Waals surface area contributed by atoms with E-state index >= 15 is 0 Å². The molecule has 0 aliphatic heterocycles. The third-order valence-corrected chi connectivity index (χ3v) is 6.44. The minimum absolute atomic E-state index is 0.147. The highest BCUT2D eigenvalue weighted by atomic mass is 16.6. The van der Waals surface area contributed by atoms with Crippen LogP contribution in [-0.2, 0) is 28.5 Å². The number of nitrogens with zero attached hydrogens (tertiary/aromatic N) is 1. The van der Waals surface area contributed by atoms with Gasteiger partial charge in [0.25, 0.3) is 0 Å². The molecule has 12 nitrogen and oxygen atoms in total. The van der Waals surface area contributed by atoms with Gasteiger partial charge in [-0.25, -0.2) is 4.79 Å². The molecule has 3 aromatic rings. The molecule has 0 bridgehead atoms. The first-order chi connectivity index (χ1) is 24.1. The molecule has 50 heavy (non-hydrogen) atoms. The second-order valence-electron chi connectivity index (χ2n) is 11.7. The molecule has 0 fully saturated rings. The van der Waals surface area contributed by atoms with Crippen molar-refractivity contribution in [2.45, 2.75) is 32.8 Å². The number of nitrogens with one attached hydrogen (secondary N) is 2. The third kappa shape index (κ3) is 14.9. The van der Waals surface area contributed by atoms with Gasteiger partial charge < -0.3 is 33.7 Å². The number of nitriles is 1. The molecule has 0 aliphatic rings. The molecule has 12 heteroatoms.